The highest BCUT2D eigenvalue weighted by Crippen LogP contribution is 2.53. The Morgan fingerprint density at radius 2 is 1.63 bits per heavy atom. The van der Waals surface area contributed by atoms with Crippen LogP contribution in [0.2, 0.25) is 0 Å². The first-order valence-corrected chi connectivity index (χ1v) is 14.9. The first kappa shape index (κ1) is 32.6. The smallest absolute Gasteiger partial charge is 0.401 e. The molecule has 4 unspecified atom stereocenters. The molecule has 1 fully saturated rings. The van der Waals surface area contributed by atoms with Gasteiger partial charge in [0.2, 0.25) is 0 Å². The Bertz CT molecular complexity index is 1530. The number of rotatable bonds is 7. The molecule has 3 aromatic rings. The van der Waals surface area contributed by atoms with Crippen LogP contribution in [0.25, 0.3) is 22.1 Å². The highest BCUT2D eigenvalue weighted by atomic mass is 19.4. The van der Waals surface area contributed by atoms with Crippen molar-refractivity contribution < 1.29 is 31.9 Å². The molecule has 0 amide bonds. The SMILES string of the molecule is CCc1ccccc1-c1cc2ccc(OC3CCC(OC(=O)C(CC(C)(C)C)C(C)(C)C)C3(C)C(F)(F)F)cc2oc1=O. The summed E-state index contributed by atoms with van der Waals surface area (Å²) in [4.78, 5) is 26.3. The number of hydrogen-bond donors (Lipinski definition) is 0. The molecule has 0 bridgehead atoms. The molecule has 1 saturated carbocycles. The van der Waals surface area contributed by atoms with Gasteiger partial charge in [-0.25, -0.2) is 4.79 Å². The zero-order valence-corrected chi connectivity index (χ0v) is 26.4. The van der Waals surface area contributed by atoms with Crippen molar-refractivity contribution in [2.45, 2.75) is 99.5 Å². The van der Waals surface area contributed by atoms with E-state index < -0.39 is 46.7 Å². The van der Waals surface area contributed by atoms with Gasteiger partial charge in [0.15, 0.2) is 0 Å². The maximum Gasteiger partial charge on any atom is 0.401 e. The third-order valence-electron chi connectivity index (χ3n) is 8.72. The van der Waals surface area contributed by atoms with Crippen molar-refractivity contribution in [1.82, 2.24) is 0 Å². The van der Waals surface area contributed by atoms with Crippen LogP contribution < -0.4 is 10.4 Å². The molecule has 0 aliphatic heterocycles. The van der Waals surface area contributed by atoms with Crippen molar-refractivity contribution in [2.24, 2.45) is 22.2 Å². The third kappa shape index (κ3) is 6.78. The molecule has 1 aliphatic rings. The molecule has 1 aliphatic carbocycles. The number of fused-ring (bicyclic) bond motifs is 1. The lowest BCUT2D eigenvalue weighted by molar-refractivity contribution is -0.264. The quantitative estimate of drug-likeness (QED) is 0.200. The van der Waals surface area contributed by atoms with E-state index in [4.69, 9.17) is 13.9 Å². The van der Waals surface area contributed by atoms with Gasteiger partial charge in [0.05, 0.1) is 11.5 Å². The van der Waals surface area contributed by atoms with Gasteiger partial charge in [0.25, 0.3) is 0 Å². The fourth-order valence-corrected chi connectivity index (χ4v) is 6.02. The molecule has 0 radical (unpaired) electrons. The number of halogens is 3. The molecule has 1 aromatic heterocycles. The summed E-state index contributed by atoms with van der Waals surface area (Å²) >= 11 is 0. The van der Waals surface area contributed by atoms with E-state index in [2.05, 4.69) is 0 Å². The summed E-state index contributed by atoms with van der Waals surface area (Å²) in [6.07, 6.45) is -6.12. The average molecular weight is 601 g/mol. The van der Waals surface area contributed by atoms with E-state index >= 15 is 0 Å². The number of ether oxygens (including phenoxy) is 2. The number of carbonyl (C=O) groups excluding carboxylic acids is 1. The van der Waals surface area contributed by atoms with Crippen LogP contribution in [0.1, 0.15) is 80.2 Å². The third-order valence-corrected chi connectivity index (χ3v) is 8.72. The Kier molecular flexibility index (Phi) is 8.85. The van der Waals surface area contributed by atoms with Gasteiger partial charge in [-0.1, -0.05) is 72.7 Å². The minimum atomic E-state index is -4.70. The summed E-state index contributed by atoms with van der Waals surface area (Å²) in [5, 5.41) is 0.622. The second kappa shape index (κ2) is 11.7. The molecule has 4 atom stereocenters. The van der Waals surface area contributed by atoms with Crippen molar-refractivity contribution in [3.63, 3.8) is 0 Å². The van der Waals surface area contributed by atoms with E-state index in [-0.39, 0.29) is 29.6 Å². The monoisotopic (exact) mass is 600 g/mol. The Balaban J connectivity index is 1.61. The van der Waals surface area contributed by atoms with Crippen molar-refractivity contribution in [3.8, 4) is 16.9 Å². The molecule has 234 valence electrons. The molecule has 0 spiro atoms. The standard InChI is InChI=1S/C35H43F3O5/c1-9-21-12-10-11-13-24(21)25-18-22-14-15-23(19-27(22)42-30(25)39)41-28-16-17-29(34(28,8)35(36,37)38)43-31(40)26(33(5,6)7)20-32(2,3)4/h10-15,18-19,26,28-29H,9,16-17,20H2,1-8H3. The van der Waals surface area contributed by atoms with E-state index in [9.17, 15) is 22.8 Å². The second-order valence-electron chi connectivity index (χ2n) is 14.2. The zero-order chi connectivity index (χ0) is 32.0. The number of esters is 1. The Morgan fingerprint density at radius 3 is 2.23 bits per heavy atom. The molecule has 5 nitrogen and oxygen atoms in total. The van der Waals surface area contributed by atoms with Gasteiger partial charge >= 0.3 is 17.8 Å². The number of alkyl halides is 3. The highest BCUT2D eigenvalue weighted by Gasteiger charge is 2.66. The van der Waals surface area contributed by atoms with Crippen LogP contribution in [0, 0.1) is 22.2 Å². The van der Waals surface area contributed by atoms with Crippen molar-refractivity contribution >= 4 is 16.9 Å². The van der Waals surface area contributed by atoms with Gasteiger partial charge in [-0.2, -0.15) is 13.2 Å². The highest BCUT2D eigenvalue weighted by molar-refractivity contribution is 5.83. The first-order chi connectivity index (χ1) is 19.8. The van der Waals surface area contributed by atoms with Gasteiger partial charge in [0, 0.05) is 11.5 Å². The molecular formula is C35H43F3O5. The number of benzene rings is 2. The summed E-state index contributed by atoms with van der Waals surface area (Å²) in [7, 11) is 0. The topological polar surface area (TPSA) is 65.7 Å². The van der Waals surface area contributed by atoms with Crippen LogP contribution in [-0.4, -0.2) is 24.4 Å². The molecule has 0 saturated heterocycles. The Labute approximate surface area is 251 Å². The molecule has 0 N–H and O–H groups in total. The van der Waals surface area contributed by atoms with Crippen LogP contribution in [0.3, 0.4) is 0 Å². The maximum absolute atomic E-state index is 14.7. The zero-order valence-electron chi connectivity index (χ0n) is 26.4. The Hall–Kier alpha value is -3.29. The second-order valence-corrected chi connectivity index (χ2v) is 14.2. The van der Waals surface area contributed by atoms with Gasteiger partial charge in [-0.15, -0.1) is 0 Å². The van der Waals surface area contributed by atoms with Crippen LogP contribution in [0.4, 0.5) is 13.2 Å². The molecule has 1 heterocycles. The summed E-state index contributed by atoms with van der Waals surface area (Å²) in [6.45, 7) is 14.8. The maximum atomic E-state index is 14.7. The molecule has 8 heteroatoms. The molecular weight excluding hydrogens is 557 g/mol. The average Bonchev–Trinajstić information content (AvgIpc) is 3.21. The van der Waals surface area contributed by atoms with E-state index in [0.29, 0.717) is 17.4 Å². The Morgan fingerprint density at radius 1 is 0.977 bits per heavy atom. The fraction of sp³-hybridized carbons (Fsp3) is 0.543. The van der Waals surface area contributed by atoms with E-state index in [1.54, 1.807) is 18.2 Å². The summed E-state index contributed by atoms with van der Waals surface area (Å²) in [5.74, 6) is -1.04. The van der Waals surface area contributed by atoms with Crippen LogP contribution >= 0.6 is 0 Å². The molecule has 43 heavy (non-hydrogen) atoms. The predicted octanol–water partition coefficient (Wildman–Crippen LogP) is 9.14. The summed E-state index contributed by atoms with van der Waals surface area (Å²) in [6, 6.07) is 14.0. The summed E-state index contributed by atoms with van der Waals surface area (Å²) in [5.41, 5.74) is -1.25. The van der Waals surface area contributed by atoms with Crippen molar-refractivity contribution in [2.75, 3.05) is 0 Å². The van der Waals surface area contributed by atoms with Gasteiger partial charge in [0.1, 0.15) is 29.0 Å². The van der Waals surface area contributed by atoms with Crippen LogP contribution in [0.5, 0.6) is 5.75 Å². The minimum Gasteiger partial charge on any atom is -0.489 e. The largest absolute Gasteiger partial charge is 0.489 e. The number of carbonyl (C=O) groups is 1. The van der Waals surface area contributed by atoms with Gasteiger partial charge < -0.3 is 13.9 Å². The van der Waals surface area contributed by atoms with E-state index in [1.165, 1.54) is 6.07 Å². The van der Waals surface area contributed by atoms with Crippen molar-refractivity contribution in [3.05, 3.63) is 64.5 Å². The van der Waals surface area contributed by atoms with Gasteiger partial charge in [-0.3, -0.25) is 4.79 Å². The number of hydrogen-bond acceptors (Lipinski definition) is 5. The van der Waals surface area contributed by atoms with Crippen LogP contribution in [0.15, 0.2) is 57.7 Å². The number of aryl methyl sites for hydroxylation is 1. The lowest BCUT2D eigenvalue weighted by Crippen LogP contribution is -2.52. The van der Waals surface area contributed by atoms with Crippen molar-refractivity contribution in [1.29, 1.82) is 0 Å². The predicted molar refractivity (Wildman–Crippen MR) is 162 cm³/mol. The lowest BCUT2D eigenvalue weighted by Gasteiger charge is -2.39. The van der Waals surface area contributed by atoms with Crippen LogP contribution in [-0.2, 0) is 16.0 Å². The van der Waals surface area contributed by atoms with E-state index in [1.807, 2.05) is 72.7 Å². The fourth-order valence-electron chi connectivity index (χ4n) is 6.02. The molecule has 2 aromatic carbocycles. The molecule has 4 rings (SSSR count). The van der Waals surface area contributed by atoms with E-state index in [0.717, 1.165) is 24.5 Å². The van der Waals surface area contributed by atoms with Gasteiger partial charge in [-0.05, 0) is 72.8 Å². The first-order valence-electron chi connectivity index (χ1n) is 14.9. The normalized spacial score (nSPS) is 22.0. The summed E-state index contributed by atoms with van der Waals surface area (Å²) < 4.78 is 61.5. The lowest BCUT2D eigenvalue weighted by atomic mass is 9.72. The minimum absolute atomic E-state index is 0.0155.